The average Bonchev–Trinajstić information content (AvgIpc) is 2.45. The first kappa shape index (κ1) is 23.1. The molecule has 0 aliphatic heterocycles. The van der Waals surface area contributed by atoms with Gasteiger partial charge in [-0.05, 0) is 58.9 Å². The standard InChI is InChI=1S/C18H40O2Si3/c1-12-16-23(11,15-4)18(7,13-2)19-21(8)17(5,6)20-22(9,10)14-3/h12,15,21H,1,4,13-14,16H2,2-3,5-11H3. The number of rotatable bonds is 11. The molecule has 3 atom stereocenters. The molecule has 0 fully saturated rings. The Bertz CT molecular complexity index is 409. The highest BCUT2D eigenvalue weighted by Gasteiger charge is 2.47. The molecule has 5 heteroatoms. The van der Waals surface area contributed by atoms with Gasteiger partial charge in [-0.25, -0.2) is 0 Å². The Morgan fingerprint density at radius 3 is 1.96 bits per heavy atom. The van der Waals surface area contributed by atoms with Gasteiger partial charge in [0.1, 0.15) is 8.07 Å². The first-order valence-electron chi connectivity index (χ1n) is 8.95. The Morgan fingerprint density at radius 2 is 1.61 bits per heavy atom. The summed E-state index contributed by atoms with van der Waals surface area (Å²) in [6.07, 6.45) is 3.05. The maximum absolute atomic E-state index is 6.83. The summed E-state index contributed by atoms with van der Waals surface area (Å²) in [6.45, 7) is 28.5. The molecule has 0 rings (SSSR count). The Balaban J connectivity index is 5.39. The highest BCUT2D eigenvalue weighted by atomic mass is 28.4. The van der Waals surface area contributed by atoms with Crippen LogP contribution in [0.5, 0.6) is 0 Å². The summed E-state index contributed by atoms with van der Waals surface area (Å²) >= 11 is 0. The molecule has 136 valence electrons. The lowest BCUT2D eigenvalue weighted by Crippen LogP contribution is -2.60. The molecular formula is C18H40O2Si3. The zero-order chi connectivity index (χ0) is 18.5. The fraction of sp³-hybridized carbons (Fsp3) is 0.778. The molecule has 0 radical (unpaired) electrons. The maximum Gasteiger partial charge on any atom is 0.204 e. The quantitative estimate of drug-likeness (QED) is 0.346. The van der Waals surface area contributed by atoms with E-state index in [2.05, 4.69) is 79.7 Å². The van der Waals surface area contributed by atoms with Crippen molar-refractivity contribution in [1.29, 1.82) is 0 Å². The van der Waals surface area contributed by atoms with E-state index in [-0.39, 0.29) is 10.4 Å². The largest absolute Gasteiger partial charge is 0.415 e. The molecule has 0 aromatic rings. The van der Waals surface area contributed by atoms with Crippen molar-refractivity contribution in [3.8, 4) is 0 Å². The van der Waals surface area contributed by atoms with E-state index in [1.807, 2.05) is 6.08 Å². The van der Waals surface area contributed by atoms with Crippen LogP contribution in [-0.4, -0.2) is 35.9 Å². The molecule has 2 nitrogen and oxygen atoms in total. The van der Waals surface area contributed by atoms with E-state index in [0.29, 0.717) is 0 Å². The van der Waals surface area contributed by atoms with E-state index in [4.69, 9.17) is 8.85 Å². The molecule has 0 saturated carbocycles. The number of hydrogen-bond donors (Lipinski definition) is 0. The van der Waals surface area contributed by atoms with Crippen LogP contribution in [0.25, 0.3) is 0 Å². The van der Waals surface area contributed by atoms with Crippen molar-refractivity contribution in [2.75, 3.05) is 0 Å². The first-order valence-corrected chi connectivity index (χ1v) is 17.1. The fourth-order valence-electron chi connectivity index (χ4n) is 2.84. The van der Waals surface area contributed by atoms with Gasteiger partial charge in [0.15, 0.2) is 8.32 Å². The Kier molecular flexibility index (Phi) is 8.45. The van der Waals surface area contributed by atoms with Gasteiger partial charge in [0, 0.05) is 5.22 Å². The zero-order valence-corrected chi connectivity index (χ0v) is 20.2. The summed E-state index contributed by atoms with van der Waals surface area (Å²) in [6, 6.07) is 2.15. The van der Waals surface area contributed by atoms with Crippen LogP contribution < -0.4 is 0 Å². The van der Waals surface area contributed by atoms with Gasteiger partial charge < -0.3 is 8.85 Å². The highest BCUT2D eigenvalue weighted by Crippen LogP contribution is 2.35. The molecule has 0 N–H and O–H groups in total. The normalized spacial score (nSPS) is 19.5. The third-order valence-corrected chi connectivity index (χ3v) is 16.8. The summed E-state index contributed by atoms with van der Waals surface area (Å²) in [5.41, 5.74) is 2.18. The van der Waals surface area contributed by atoms with Crippen LogP contribution in [0.1, 0.15) is 41.0 Å². The zero-order valence-electron chi connectivity index (χ0n) is 17.1. The van der Waals surface area contributed by atoms with Crippen molar-refractivity contribution in [2.45, 2.75) is 89.8 Å². The molecule has 0 aromatic carbocycles. The summed E-state index contributed by atoms with van der Waals surface area (Å²) in [5.74, 6) is 0. The van der Waals surface area contributed by atoms with Crippen molar-refractivity contribution in [3.05, 3.63) is 24.9 Å². The van der Waals surface area contributed by atoms with Crippen LogP contribution >= 0.6 is 0 Å². The van der Waals surface area contributed by atoms with E-state index in [1.54, 1.807) is 0 Å². The summed E-state index contributed by atoms with van der Waals surface area (Å²) in [7, 11) is -4.91. The second-order valence-electron chi connectivity index (χ2n) is 8.28. The van der Waals surface area contributed by atoms with Gasteiger partial charge in [0.05, 0.1) is 5.22 Å². The van der Waals surface area contributed by atoms with E-state index in [0.717, 1.165) is 18.5 Å². The van der Waals surface area contributed by atoms with Crippen LogP contribution in [0, 0.1) is 0 Å². The van der Waals surface area contributed by atoms with Crippen molar-refractivity contribution < 1.29 is 8.85 Å². The first-order chi connectivity index (χ1) is 10.3. The van der Waals surface area contributed by atoms with Crippen molar-refractivity contribution in [3.63, 3.8) is 0 Å². The molecule has 0 heterocycles. The molecule has 0 aliphatic rings. The van der Waals surface area contributed by atoms with Crippen LogP contribution in [-0.2, 0) is 8.85 Å². The Labute approximate surface area is 149 Å². The smallest absolute Gasteiger partial charge is 0.204 e. The third kappa shape index (κ3) is 5.81. The molecule has 23 heavy (non-hydrogen) atoms. The molecule has 0 amide bonds. The summed E-state index contributed by atoms with van der Waals surface area (Å²) in [4.78, 5) is 0. The van der Waals surface area contributed by atoms with Gasteiger partial charge in [-0.15, -0.1) is 13.2 Å². The molecule has 0 saturated heterocycles. The SMILES string of the molecule is C=CC[Si](C)(C=C)C(C)(CC)O[SiH](C)C(C)(C)O[Si](C)(C)CC. The monoisotopic (exact) mass is 372 g/mol. The van der Waals surface area contributed by atoms with Gasteiger partial charge in [-0.2, -0.15) is 0 Å². The van der Waals surface area contributed by atoms with Gasteiger partial charge in [-0.1, -0.05) is 32.2 Å². The number of hydrogen-bond acceptors (Lipinski definition) is 2. The highest BCUT2D eigenvalue weighted by molar-refractivity contribution is 6.86. The van der Waals surface area contributed by atoms with Crippen molar-refractivity contribution in [2.24, 2.45) is 0 Å². The second kappa shape index (κ2) is 8.43. The molecule has 0 bridgehead atoms. The van der Waals surface area contributed by atoms with E-state index in [1.165, 1.54) is 0 Å². The predicted octanol–water partition coefficient (Wildman–Crippen LogP) is 5.61. The fourth-order valence-corrected chi connectivity index (χ4v) is 11.3. The molecule has 0 spiro atoms. The van der Waals surface area contributed by atoms with E-state index in [9.17, 15) is 0 Å². The topological polar surface area (TPSA) is 18.5 Å². The second-order valence-corrected chi connectivity index (χ2v) is 20.3. The Morgan fingerprint density at radius 1 is 1.09 bits per heavy atom. The van der Waals surface area contributed by atoms with Gasteiger partial charge >= 0.3 is 0 Å². The van der Waals surface area contributed by atoms with E-state index < -0.39 is 25.4 Å². The minimum absolute atomic E-state index is 0.104. The van der Waals surface area contributed by atoms with Crippen molar-refractivity contribution in [1.82, 2.24) is 0 Å². The lowest BCUT2D eigenvalue weighted by atomic mass is 10.3. The minimum atomic E-state index is -1.77. The number of allylic oxidation sites excluding steroid dienone is 1. The lowest BCUT2D eigenvalue weighted by molar-refractivity contribution is 0.101. The lowest BCUT2D eigenvalue weighted by Gasteiger charge is -2.48. The molecular weight excluding hydrogens is 332 g/mol. The molecule has 3 unspecified atom stereocenters. The minimum Gasteiger partial charge on any atom is -0.415 e. The average molecular weight is 373 g/mol. The molecule has 0 aliphatic carbocycles. The van der Waals surface area contributed by atoms with Gasteiger partial charge in [0.2, 0.25) is 9.04 Å². The maximum atomic E-state index is 6.83. The van der Waals surface area contributed by atoms with Crippen LogP contribution in [0.4, 0.5) is 0 Å². The van der Waals surface area contributed by atoms with Crippen LogP contribution in [0.3, 0.4) is 0 Å². The molecule has 0 aromatic heterocycles. The third-order valence-electron chi connectivity index (χ3n) is 5.71. The van der Waals surface area contributed by atoms with Crippen LogP contribution in [0.15, 0.2) is 24.9 Å². The van der Waals surface area contributed by atoms with E-state index >= 15 is 0 Å². The summed E-state index contributed by atoms with van der Waals surface area (Å²) < 4.78 is 13.4. The van der Waals surface area contributed by atoms with Gasteiger partial charge in [-0.3, -0.25) is 0 Å². The summed E-state index contributed by atoms with van der Waals surface area (Å²) in [5, 5.41) is -0.250. The predicted molar refractivity (Wildman–Crippen MR) is 113 cm³/mol. The van der Waals surface area contributed by atoms with Gasteiger partial charge in [0.25, 0.3) is 0 Å². The Hall–Kier alpha value is 0.0506. The van der Waals surface area contributed by atoms with Crippen molar-refractivity contribution >= 4 is 25.4 Å². The van der Waals surface area contributed by atoms with Crippen LogP contribution in [0.2, 0.25) is 38.3 Å².